The number of carbonyl (C=O) groups excluding carboxylic acids is 4. The smallest absolute Gasteiger partial charge is 0.338 e. The number of fused-ring (bicyclic) bond motifs is 9. The van der Waals surface area contributed by atoms with Crippen molar-refractivity contribution < 1.29 is 28.3 Å². The molecule has 7 atom stereocenters. The van der Waals surface area contributed by atoms with Crippen molar-refractivity contribution in [1.29, 1.82) is 0 Å². The van der Waals surface area contributed by atoms with Crippen LogP contribution in [-0.4, -0.2) is 40.1 Å². The summed E-state index contributed by atoms with van der Waals surface area (Å²) in [7, 11) is 0. The van der Waals surface area contributed by atoms with Crippen molar-refractivity contribution in [2.24, 2.45) is 29.6 Å². The van der Waals surface area contributed by atoms with E-state index >= 15 is 0 Å². The number of amides is 3. The van der Waals surface area contributed by atoms with E-state index in [0.29, 0.717) is 16.9 Å². The van der Waals surface area contributed by atoms with Gasteiger partial charge in [0.2, 0.25) is 17.7 Å². The van der Waals surface area contributed by atoms with Crippen LogP contribution in [0.5, 0.6) is 0 Å². The summed E-state index contributed by atoms with van der Waals surface area (Å²) >= 11 is 4.32. The van der Waals surface area contributed by atoms with E-state index in [0.717, 1.165) is 32.5 Å². The average molecular weight is 690 g/mol. The molecule has 240 valence electrons. The third-order valence-corrected chi connectivity index (χ3v) is 13.6. The van der Waals surface area contributed by atoms with Crippen LogP contribution in [0.4, 0.5) is 15.8 Å². The summed E-state index contributed by atoms with van der Waals surface area (Å²) in [6, 6.07) is 15.9. The number of thioether (sulfide) groups is 1. The predicted octanol–water partition coefficient (Wildman–Crippen LogP) is 5.60. The van der Waals surface area contributed by atoms with Crippen molar-refractivity contribution in [1.82, 2.24) is 4.57 Å². The Hall–Kier alpha value is -4.07. The minimum Gasteiger partial charge on any atom is -0.462 e. The topological polar surface area (TPSA) is 115 Å². The van der Waals surface area contributed by atoms with Gasteiger partial charge in [0.1, 0.15) is 12.4 Å². The second-order valence-corrected chi connectivity index (χ2v) is 15.4. The monoisotopic (exact) mass is 689 g/mol. The molecule has 2 aromatic carbocycles. The van der Waals surface area contributed by atoms with Gasteiger partial charge >= 0.3 is 10.8 Å². The fourth-order valence-electron chi connectivity index (χ4n) is 8.13. The van der Waals surface area contributed by atoms with Crippen LogP contribution in [0.2, 0.25) is 0 Å². The molecule has 1 saturated heterocycles. The highest BCUT2D eigenvalue weighted by Crippen LogP contribution is 2.69. The number of thiazole rings is 1. The first-order valence-corrected chi connectivity index (χ1v) is 18.0. The molecule has 2 aliphatic carbocycles. The minimum absolute atomic E-state index is 0.0236. The van der Waals surface area contributed by atoms with Gasteiger partial charge in [-0.15, -0.1) is 23.1 Å². The highest BCUT2D eigenvalue weighted by atomic mass is 32.2. The molecule has 9 nitrogen and oxygen atoms in total. The summed E-state index contributed by atoms with van der Waals surface area (Å²) in [5, 5.41) is 5.54. The van der Waals surface area contributed by atoms with Crippen molar-refractivity contribution in [2.75, 3.05) is 16.8 Å². The first-order chi connectivity index (χ1) is 22.7. The average Bonchev–Trinajstić information content (AvgIpc) is 3.88. The van der Waals surface area contributed by atoms with Crippen LogP contribution in [-0.2, 0) is 25.7 Å². The summed E-state index contributed by atoms with van der Waals surface area (Å²) < 4.78 is 20.2. The Labute approximate surface area is 280 Å². The Morgan fingerprint density at radius 2 is 1.70 bits per heavy atom. The molecule has 2 aromatic heterocycles. The van der Waals surface area contributed by atoms with Crippen molar-refractivity contribution in [3.05, 3.63) is 96.8 Å². The van der Waals surface area contributed by atoms with E-state index in [1.54, 1.807) is 54.3 Å². The number of halogens is 1. The van der Waals surface area contributed by atoms with Crippen molar-refractivity contribution in [3.8, 4) is 0 Å². The van der Waals surface area contributed by atoms with Crippen molar-refractivity contribution in [2.45, 2.75) is 36.1 Å². The summed E-state index contributed by atoms with van der Waals surface area (Å²) in [5.74, 6) is -2.88. The van der Waals surface area contributed by atoms with Gasteiger partial charge in [0, 0.05) is 26.6 Å². The first-order valence-electron chi connectivity index (χ1n) is 15.4. The maximum absolute atomic E-state index is 13.9. The van der Waals surface area contributed by atoms with Gasteiger partial charge in [-0.1, -0.05) is 17.4 Å². The third kappa shape index (κ3) is 4.81. The number of carbonyl (C=O) groups is 4. The fourth-order valence-corrected chi connectivity index (χ4v) is 12.2. The van der Waals surface area contributed by atoms with Crippen LogP contribution in [0.1, 0.15) is 39.4 Å². The van der Waals surface area contributed by atoms with E-state index in [1.165, 1.54) is 33.7 Å². The van der Waals surface area contributed by atoms with Crippen molar-refractivity contribution >= 4 is 69.5 Å². The molecular weight excluding hydrogens is 662 g/mol. The zero-order valence-corrected chi connectivity index (χ0v) is 27.4. The van der Waals surface area contributed by atoms with Crippen LogP contribution in [0.25, 0.3) is 0 Å². The lowest BCUT2D eigenvalue weighted by Crippen LogP contribution is -2.43. The molecule has 2 saturated carbocycles. The molecule has 1 N–H and O–H groups in total. The molecule has 0 spiro atoms. The Kier molecular flexibility index (Phi) is 7.45. The molecule has 7 unspecified atom stereocenters. The van der Waals surface area contributed by atoms with Crippen molar-refractivity contribution in [3.63, 3.8) is 0 Å². The van der Waals surface area contributed by atoms with Crippen LogP contribution in [0, 0.1) is 35.4 Å². The number of imide groups is 1. The van der Waals surface area contributed by atoms with Crippen LogP contribution < -0.4 is 15.1 Å². The number of anilines is 2. The number of ether oxygens (including phenoxy) is 1. The molecule has 2 aliphatic heterocycles. The molecule has 2 bridgehead atoms. The second kappa shape index (κ2) is 11.6. The molecular formula is C34H28FN3O6S3. The van der Waals surface area contributed by atoms with Gasteiger partial charge in [0.25, 0.3) is 0 Å². The number of nitrogens with one attached hydrogen (secondary N) is 1. The number of thiophene rings is 1. The molecule has 3 fully saturated rings. The molecule has 0 radical (unpaired) electrons. The number of hydrogen-bond donors (Lipinski definition) is 1. The van der Waals surface area contributed by atoms with E-state index in [4.69, 9.17) is 4.74 Å². The lowest BCUT2D eigenvalue weighted by atomic mass is 9.69. The number of nitrogens with zero attached hydrogens (tertiary/aromatic N) is 2. The number of rotatable bonds is 7. The van der Waals surface area contributed by atoms with Crippen LogP contribution >= 0.6 is 34.4 Å². The Bertz CT molecular complexity index is 1970. The quantitative estimate of drug-likeness (QED) is 0.198. The van der Waals surface area contributed by atoms with Gasteiger partial charge in [0.05, 0.1) is 34.7 Å². The highest BCUT2D eigenvalue weighted by Gasteiger charge is 2.70. The number of benzene rings is 2. The molecule has 4 heterocycles. The van der Waals surface area contributed by atoms with Crippen LogP contribution in [0.15, 0.2) is 75.9 Å². The number of hydrogen-bond acceptors (Lipinski definition) is 9. The van der Waals surface area contributed by atoms with E-state index < -0.39 is 23.6 Å². The Morgan fingerprint density at radius 1 is 0.979 bits per heavy atom. The maximum Gasteiger partial charge on any atom is 0.338 e. The summed E-state index contributed by atoms with van der Waals surface area (Å²) in [5.41, 5.74) is 1.24. The predicted molar refractivity (Wildman–Crippen MR) is 176 cm³/mol. The van der Waals surface area contributed by atoms with Gasteiger partial charge in [-0.05, 0) is 91.1 Å². The standard InChI is InChI=1S/C34H28FN3O6S3/c1-2-44-33(42)16-5-9-18(10-6-16)36-23(39)15-37-32-29(47-34(37)43)27(22-4-3-13-45-22)24-20-14-21(28(24)46-32)26-25(20)30(40)38(31(26)41)19-11-7-17(35)8-12-19/h3-13,20-21,24-28H,2,14-15H2,1H3,(H,36,39). The Balaban J connectivity index is 1.10. The lowest BCUT2D eigenvalue weighted by Gasteiger charge is -2.42. The van der Waals surface area contributed by atoms with E-state index in [1.807, 2.05) is 11.4 Å². The molecule has 8 rings (SSSR count). The van der Waals surface area contributed by atoms with E-state index in [-0.39, 0.29) is 64.7 Å². The third-order valence-electron chi connectivity index (χ3n) is 9.87. The zero-order chi connectivity index (χ0) is 32.6. The van der Waals surface area contributed by atoms with Gasteiger partial charge < -0.3 is 10.1 Å². The van der Waals surface area contributed by atoms with Gasteiger partial charge in [-0.2, -0.15) is 0 Å². The SMILES string of the molecule is CCOC(=O)c1ccc(NC(=O)Cn2c3c(sc2=O)C(c2cccs2)C2C4CC(C2S3)C2C(=O)N(c3ccc(F)cc3)C(=O)C42)cc1. The second-order valence-electron chi connectivity index (χ2n) is 12.2. The first kappa shape index (κ1) is 30.3. The lowest BCUT2D eigenvalue weighted by molar-refractivity contribution is -0.123. The minimum atomic E-state index is -0.475. The zero-order valence-electron chi connectivity index (χ0n) is 25.0. The molecule has 47 heavy (non-hydrogen) atoms. The summed E-state index contributed by atoms with van der Waals surface area (Å²) in [6.45, 7) is 1.79. The van der Waals surface area contributed by atoms with Gasteiger partial charge in [0.15, 0.2) is 0 Å². The van der Waals surface area contributed by atoms with Crippen LogP contribution in [0.3, 0.4) is 0 Å². The van der Waals surface area contributed by atoms with E-state index in [2.05, 4.69) is 11.4 Å². The Morgan fingerprint density at radius 3 is 2.38 bits per heavy atom. The van der Waals surface area contributed by atoms with Gasteiger partial charge in [-0.3, -0.25) is 28.6 Å². The summed E-state index contributed by atoms with van der Waals surface area (Å²) in [4.78, 5) is 69.5. The molecule has 4 aliphatic rings. The molecule has 4 aromatic rings. The number of esters is 1. The fraction of sp³-hybridized carbons (Fsp3) is 0.324. The number of aromatic nitrogens is 1. The highest BCUT2D eigenvalue weighted by molar-refractivity contribution is 8.00. The normalized spacial score (nSPS) is 27.0. The molecule has 13 heteroatoms. The van der Waals surface area contributed by atoms with E-state index in [9.17, 15) is 28.4 Å². The largest absolute Gasteiger partial charge is 0.462 e. The summed E-state index contributed by atoms with van der Waals surface area (Å²) in [6.07, 6.45) is 0.746. The molecule has 3 amide bonds. The van der Waals surface area contributed by atoms with Gasteiger partial charge in [-0.25, -0.2) is 9.18 Å². The maximum atomic E-state index is 13.9.